The van der Waals surface area contributed by atoms with Crippen LogP contribution in [-0.2, 0) is 6.42 Å². The van der Waals surface area contributed by atoms with Crippen molar-refractivity contribution in [3.05, 3.63) is 47.3 Å². The zero-order valence-electron chi connectivity index (χ0n) is 13.2. The van der Waals surface area contributed by atoms with Crippen LogP contribution in [0.4, 0.5) is 0 Å². The molecule has 0 fully saturated rings. The van der Waals surface area contributed by atoms with Crippen molar-refractivity contribution in [2.45, 2.75) is 24.7 Å². The molecule has 0 spiro atoms. The van der Waals surface area contributed by atoms with E-state index in [-0.39, 0.29) is 6.61 Å². The van der Waals surface area contributed by atoms with Gasteiger partial charge in [0.15, 0.2) is 0 Å². The lowest BCUT2D eigenvalue weighted by molar-refractivity contribution is 0.126. The van der Waals surface area contributed by atoms with Crippen LogP contribution in [0.1, 0.15) is 12.5 Å². The van der Waals surface area contributed by atoms with Crippen molar-refractivity contribution in [3.8, 4) is 16.5 Å². The predicted octanol–water partition coefficient (Wildman–Crippen LogP) is 3.89. The lowest BCUT2D eigenvalue weighted by Crippen LogP contribution is -2.20. The van der Waals surface area contributed by atoms with Crippen LogP contribution in [0.2, 0.25) is 0 Å². The molecule has 0 aliphatic heterocycles. The summed E-state index contributed by atoms with van der Waals surface area (Å²) >= 11 is 2.87. The van der Waals surface area contributed by atoms with Gasteiger partial charge < -0.3 is 14.3 Å². The maximum Gasteiger partial charge on any atom is 0.276 e. The Bertz CT molecular complexity index is 742. The van der Waals surface area contributed by atoms with Gasteiger partial charge in [0.2, 0.25) is 0 Å². The molecule has 3 rings (SSSR count). The van der Waals surface area contributed by atoms with Gasteiger partial charge in [-0.2, -0.15) is 0 Å². The number of hydrogen-bond acceptors (Lipinski definition) is 7. The monoisotopic (exact) mass is 362 g/mol. The number of aliphatic hydroxyl groups is 1. The van der Waals surface area contributed by atoms with Gasteiger partial charge in [0.1, 0.15) is 12.4 Å². The highest BCUT2D eigenvalue weighted by Crippen LogP contribution is 2.26. The Labute approximate surface area is 148 Å². The van der Waals surface area contributed by atoms with Gasteiger partial charge in [-0.05, 0) is 35.6 Å². The number of aryl methyl sites for hydroxylation is 1. The Morgan fingerprint density at radius 2 is 2.08 bits per heavy atom. The molecule has 0 aliphatic rings. The van der Waals surface area contributed by atoms with E-state index >= 15 is 0 Å². The summed E-state index contributed by atoms with van der Waals surface area (Å²) in [5.74, 6) is 1.70. The lowest BCUT2D eigenvalue weighted by atomic mass is 10.2. The molecule has 0 bridgehead atoms. The van der Waals surface area contributed by atoms with Crippen molar-refractivity contribution in [2.24, 2.45) is 0 Å². The number of aliphatic hydroxyl groups excluding tert-OH is 1. The standard InChI is InChI=1S/C17H18N2O3S2/c1-2-12-5-7-14(8-6-12)21-10-13(20)11-24-17-19-18-16(22-17)15-4-3-9-23-15/h3-9,13,20H,2,10-11H2,1H3/t13-/m0/s1. The highest BCUT2D eigenvalue weighted by atomic mass is 32.2. The van der Waals surface area contributed by atoms with E-state index in [0.29, 0.717) is 16.9 Å². The lowest BCUT2D eigenvalue weighted by Gasteiger charge is -2.11. The van der Waals surface area contributed by atoms with E-state index < -0.39 is 6.10 Å². The summed E-state index contributed by atoms with van der Waals surface area (Å²) in [5, 5.41) is 20.4. The van der Waals surface area contributed by atoms with Crippen LogP contribution in [0.15, 0.2) is 51.4 Å². The molecule has 24 heavy (non-hydrogen) atoms. The topological polar surface area (TPSA) is 68.4 Å². The number of thiophene rings is 1. The molecule has 0 saturated heterocycles. The molecule has 0 radical (unpaired) electrons. The van der Waals surface area contributed by atoms with Gasteiger partial charge in [0.05, 0.1) is 11.0 Å². The van der Waals surface area contributed by atoms with E-state index in [4.69, 9.17) is 9.15 Å². The van der Waals surface area contributed by atoms with E-state index in [1.807, 2.05) is 41.8 Å². The predicted molar refractivity (Wildman–Crippen MR) is 95.7 cm³/mol. The largest absolute Gasteiger partial charge is 0.491 e. The molecule has 126 valence electrons. The summed E-state index contributed by atoms with van der Waals surface area (Å²) in [6.07, 6.45) is 0.384. The van der Waals surface area contributed by atoms with Gasteiger partial charge in [-0.25, -0.2) is 0 Å². The van der Waals surface area contributed by atoms with Crippen molar-refractivity contribution in [2.75, 3.05) is 12.4 Å². The molecule has 1 atom stereocenters. The maximum atomic E-state index is 10.0. The van der Waals surface area contributed by atoms with Crippen molar-refractivity contribution in [1.29, 1.82) is 0 Å². The Morgan fingerprint density at radius 3 is 2.79 bits per heavy atom. The maximum absolute atomic E-state index is 10.0. The van der Waals surface area contributed by atoms with Crippen LogP contribution in [-0.4, -0.2) is 33.8 Å². The first-order valence-electron chi connectivity index (χ1n) is 7.64. The Balaban J connectivity index is 1.44. The Kier molecular flexibility index (Phi) is 5.90. The van der Waals surface area contributed by atoms with Crippen LogP contribution in [0, 0.1) is 0 Å². The molecule has 0 saturated carbocycles. The molecule has 0 aliphatic carbocycles. The normalized spacial score (nSPS) is 12.2. The third-order valence-electron chi connectivity index (χ3n) is 3.31. The molecule has 0 amide bonds. The fourth-order valence-corrected chi connectivity index (χ4v) is 3.31. The van der Waals surface area contributed by atoms with Crippen LogP contribution in [0.25, 0.3) is 10.8 Å². The molecule has 7 heteroatoms. The van der Waals surface area contributed by atoms with E-state index in [1.165, 1.54) is 17.3 Å². The summed E-state index contributed by atoms with van der Waals surface area (Å²) in [4.78, 5) is 0.939. The SMILES string of the molecule is CCc1ccc(OC[C@H](O)CSc2nnc(-c3cccs3)o2)cc1. The number of ether oxygens (including phenoxy) is 1. The average molecular weight is 362 g/mol. The molecule has 5 nitrogen and oxygen atoms in total. The van der Waals surface area contributed by atoms with Crippen LogP contribution in [0.3, 0.4) is 0 Å². The fraction of sp³-hybridized carbons (Fsp3) is 0.294. The minimum Gasteiger partial charge on any atom is -0.491 e. The molecular formula is C17H18N2O3S2. The second-order valence-corrected chi connectivity index (χ2v) is 7.04. The van der Waals surface area contributed by atoms with Gasteiger partial charge in [-0.1, -0.05) is 36.9 Å². The van der Waals surface area contributed by atoms with Crippen molar-refractivity contribution < 1.29 is 14.3 Å². The van der Waals surface area contributed by atoms with Crippen LogP contribution in [0.5, 0.6) is 5.75 Å². The summed E-state index contributed by atoms with van der Waals surface area (Å²) in [6.45, 7) is 2.34. The molecule has 2 aromatic heterocycles. The Hall–Kier alpha value is -1.83. The van der Waals surface area contributed by atoms with Crippen molar-refractivity contribution in [3.63, 3.8) is 0 Å². The molecule has 3 aromatic rings. The number of aromatic nitrogens is 2. The van der Waals surface area contributed by atoms with Crippen molar-refractivity contribution >= 4 is 23.1 Å². The average Bonchev–Trinajstić information content (AvgIpc) is 3.29. The first-order chi connectivity index (χ1) is 11.7. The molecule has 2 heterocycles. The van der Waals surface area contributed by atoms with Gasteiger partial charge >= 0.3 is 0 Å². The molecule has 1 N–H and O–H groups in total. The zero-order chi connectivity index (χ0) is 16.8. The number of nitrogens with zero attached hydrogens (tertiary/aromatic N) is 2. The van der Waals surface area contributed by atoms with E-state index in [2.05, 4.69) is 17.1 Å². The second-order valence-electron chi connectivity index (χ2n) is 5.12. The van der Waals surface area contributed by atoms with Gasteiger partial charge in [-0.15, -0.1) is 21.5 Å². The van der Waals surface area contributed by atoms with Gasteiger partial charge in [0, 0.05) is 5.75 Å². The van der Waals surface area contributed by atoms with Crippen LogP contribution >= 0.6 is 23.1 Å². The minimum absolute atomic E-state index is 0.227. The minimum atomic E-state index is -0.613. The van der Waals surface area contributed by atoms with Crippen molar-refractivity contribution in [1.82, 2.24) is 10.2 Å². The third-order valence-corrected chi connectivity index (χ3v) is 5.13. The van der Waals surface area contributed by atoms with Gasteiger partial charge in [0.25, 0.3) is 11.1 Å². The number of thioether (sulfide) groups is 1. The fourth-order valence-electron chi connectivity index (χ4n) is 2.00. The summed E-state index contributed by atoms with van der Waals surface area (Å²) < 4.78 is 11.2. The first-order valence-corrected chi connectivity index (χ1v) is 9.51. The summed E-state index contributed by atoms with van der Waals surface area (Å²) in [7, 11) is 0. The van der Waals surface area contributed by atoms with E-state index in [0.717, 1.165) is 17.0 Å². The molecule has 0 unspecified atom stereocenters. The van der Waals surface area contributed by atoms with Crippen LogP contribution < -0.4 is 4.74 Å². The van der Waals surface area contributed by atoms with Gasteiger partial charge in [-0.3, -0.25) is 0 Å². The number of benzene rings is 1. The highest BCUT2D eigenvalue weighted by Gasteiger charge is 2.12. The van der Waals surface area contributed by atoms with E-state index in [1.54, 1.807) is 11.3 Å². The Morgan fingerprint density at radius 1 is 1.25 bits per heavy atom. The molecule has 1 aromatic carbocycles. The number of rotatable bonds is 8. The smallest absolute Gasteiger partial charge is 0.276 e. The van der Waals surface area contributed by atoms with E-state index in [9.17, 15) is 5.11 Å². The quantitative estimate of drug-likeness (QED) is 0.613. The molecular weight excluding hydrogens is 344 g/mol. The number of hydrogen-bond donors (Lipinski definition) is 1. The summed E-state index contributed by atoms with van der Waals surface area (Å²) in [5.41, 5.74) is 1.26. The summed E-state index contributed by atoms with van der Waals surface area (Å²) in [6, 6.07) is 11.8. The first kappa shape index (κ1) is 17.0. The highest BCUT2D eigenvalue weighted by molar-refractivity contribution is 7.99. The third kappa shape index (κ3) is 4.59. The zero-order valence-corrected chi connectivity index (χ0v) is 14.8. The second kappa shape index (κ2) is 8.32.